The molecule has 6 nitrogen and oxygen atoms in total. The Morgan fingerprint density at radius 2 is 1.96 bits per heavy atom. The minimum absolute atomic E-state index is 0.0281. The van der Waals surface area contributed by atoms with E-state index in [0.29, 0.717) is 6.42 Å². The fraction of sp³-hybridized carbons (Fsp3) is 0.375. The molecule has 2 rings (SSSR count). The molecule has 1 fully saturated rings. The van der Waals surface area contributed by atoms with Gasteiger partial charge in [-0.3, -0.25) is 9.59 Å². The van der Waals surface area contributed by atoms with E-state index in [1.807, 2.05) is 37.3 Å². The summed E-state index contributed by atoms with van der Waals surface area (Å²) in [4.78, 5) is 23.5. The summed E-state index contributed by atoms with van der Waals surface area (Å²) in [6, 6.07) is 9.09. The van der Waals surface area contributed by atoms with Gasteiger partial charge in [-0.2, -0.15) is 0 Å². The Balaban J connectivity index is 1.79. The summed E-state index contributed by atoms with van der Waals surface area (Å²) < 4.78 is 22.6. The van der Waals surface area contributed by atoms with Crippen LogP contribution in [-0.2, 0) is 19.4 Å². The van der Waals surface area contributed by atoms with Crippen molar-refractivity contribution < 1.29 is 18.0 Å². The van der Waals surface area contributed by atoms with Crippen molar-refractivity contribution in [2.45, 2.75) is 19.4 Å². The largest absolute Gasteiger partial charge is 0.351 e. The molecule has 2 N–H and O–H groups in total. The van der Waals surface area contributed by atoms with E-state index in [9.17, 15) is 18.0 Å². The van der Waals surface area contributed by atoms with Gasteiger partial charge in [0.2, 0.25) is 11.8 Å². The first-order chi connectivity index (χ1) is 10.9. The lowest BCUT2D eigenvalue weighted by Crippen LogP contribution is -2.42. The van der Waals surface area contributed by atoms with E-state index < -0.39 is 9.84 Å². The number of nitrogens with one attached hydrogen (secondary N) is 2. The molecule has 1 aliphatic heterocycles. The molecule has 0 spiro atoms. The molecule has 1 atom stereocenters. The summed E-state index contributed by atoms with van der Waals surface area (Å²) in [6.07, 6.45) is 1.86. The standard InChI is InChI=1S/C16H20N2O4S/c1-12(13-5-3-2-4-6-13)9-15(19)17-10-16(20)18-14-7-8-23(21,22)11-14/h2-6,9,14H,7-8,10-11H2,1H3,(H,17,19)(H,18,20)/b12-9-. The zero-order valence-electron chi connectivity index (χ0n) is 12.9. The minimum atomic E-state index is -3.03. The van der Waals surface area contributed by atoms with E-state index in [1.165, 1.54) is 6.08 Å². The van der Waals surface area contributed by atoms with Crippen molar-refractivity contribution in [2.24, 2.45) is 0 Å². The lowest BCUT2D eigenvalue weighted by Gasteiger charge is -2.11. The van der Waals surface area contributed by atoms with Crippen molar-refractivity contribution >= 4 is 27.2 Å². The van der Waals surface area contributed by atoms with Crippen LogP contribution in [0.4, 0.5) is 0 Å². The van der Waals surface area contributed by atoms with Crippen molar-refractivity contribution in [3.63, 3.8) is 0 Å². The lowest BCUT2D eigenvalue weighted by molar-refractivity contribution is -0.124. The summed E-state index contributed by atoms with van der Waals surface area (Å²) in [5.41, 5.74) is 1.73. The Morgan fingerprint density at radius 1 is 1.26 bits per heavy atom. The molecular weight excluding hydrogens is 316 g/mol. The highest BCUT2D eigenvalue weighted by Crippen LogP contribution is 2.12. The van der Waals surface area contributed by atoms with Gasteiger partial charge < -0.3 is 10.6 Å². The molecular formula is C16H20N2O4S. The van der Waals surface area contributed by atoms with Crippen molar-refractivity contribution in [3.05, 3.63) is 42.0 Å². The molecule has 0 radical (unpaired) electrons. The van der Waals surface area contributed by atoms with Gasteiger partial charge in [0.15, 0.2) is 9.84 Å². The Labute approximate surface area is 135 Å². The van der Waals surface area contributed by atoms with Crippen LogP contribution in [0, 0.1) is 0 Å². The minimum Gasteiger partial charge on any atom is -0.351 e. The van der Waals surface area contributed by atoms with Crippen molar-refractivity contribution in [1.29, 1.82) is 0 Å². The van der Waals surface area contributed by atoms with E-state index in [1.54, 1.807) is 0 Å². The smallest absolute Gasteiger partial charge is 0.244 e. The van der Waals surface area contributed by atoms with Crippen LogP contribution in [0.5, 0.6) is 0 Å². The van der Waals surface area contributed by atoms with Crippen molar-refractivity contribution in [3.8, 4) is 0 Å². The fourth-order valence-electron chi connectivity index (χ4n) is 2.39. The van der Waals surface area contributed by atoms with Gasteiger partial charge in [0.1, 0.15) is 0 Å². The van der Waals surface area contributed by atoms with Gasteiger partial charge in [0, 0.05) is 12.1 Å². The number of benzene rings is 1. The first-order valence-electron chi connectivity index (χ1n) is 7.37. The quantitative estimate of drug-likeness (QED) is 0.766. The van der Waals surface area contributed by atoms with Crippen LogP contribution in [0.15, 0.2) is 36.4 Å². The second-order valence-electron chi connectivity index (χ2n) is 5.58. The number of hydrogen-bond acceptors (Lipinski definition) is 4. The highest BCUT2D eigenvalue weighted by molar-refractivity contribution is 7.91. The maximum atomic E-state index is 11.8. The van der Waals surface area contributed by atoms with Crippen LogP contribution < -0.4 is 10.6 Å². The number of hydrogen-bond donors (Lipinski definition) is 2. The van der Waals surface area contributed by atoms with Gasteiger partial charge in [-0.15, -0.1) is 0 Å². The molecule has 1 aliphatic rings. The maximum Gasteiger partial charge on any atom is 0.244 e. The summed E-state index contributed by atoms with van der Waals surface area (Å²) in [5, 5.41) is 5.12. The Hall–Kier alpha value is -2.15. The number of carbonyl (C=O) groups excluding carboxylic acids is 2. The zero-order valence-corrected chi connectivity index (χ0v) is 13.7. The third kappa shape index (κ3) is 5.52. The molecule has 0 saturated carbocycles. The Kier molecular flexibility index (Phi) is 5.54. The first-order valence-corrected chi connectivity index (χ1v) is 9.19. The van der Waals surface area contributed by atoms with Gasteiger partial charge in [0.05, 0.1) is 18.1 Å². The number of sulfone groups is 1. The predicted molar refractivity (Wildman–Crippen MR) is 88.3 cm³/mol. The fourth-order valence-corrected chi connectivity index (χ4v) is 4.06. The Morgan fingerprint density at radius 3 is 2.57 bits per heavy atom. The molecule has 124 valence electrons. The molecule has 0 bridgehead atoms. The molecule has 1 aromatic rings. The van der Waals surface area contributed by atoms with E-state index >= 15 is 0 Å². The van der Waals surface area contributed by atoms with Gasteiger partial charge in [-0.05, 0) is 24.5 Å². The van der Waals surface area contributed by atoms with Gasteiger partial charge in [-0.1, -0.05) is 30.3 Å². The molecule has 0 aliphatic carbocycles. The van der Waals surface area contributed by atoms with E-state index in [0.717, 1.165) is 11.1 Å². The van der Waals surface area contributed by atoms with Crippen LogP contribution in [0.1, 0.15) is 18.9 Å². The highest BCUT2D eigenvalue weighted by atomic mass is 32.2. The average Bonchev–Trinajstić information content (AvgIpc) is 2.85. The third-order valence-electron chi connectivity index (χ3n) is 3.60. The van der Waals surface area contributed by atoms with Crippen molar-refractivity contribution in [2.75, 3.05) is 18.1 Å². The lowest BCUT2D eigenvalue weighted by atomic mass is 10.1. The van der Waals surface area contributed by atoms with Crippen LogP contribution in [0.2, 0.25) is 0 Å². The second kappa shape index (κ2) is 7.41. The van der Waals surface area contributed by atoms with Gasteiger partial charge in [-0.25, -0.2) is 8.42 Å². The zero-order chi connectivity index (χ0) is 16.9. The summed E-state index contributed by atoms with van der Waals surface area (Å²) in [5.74, 6) is -0.671. The van der Waals surface area contributed by atoms with E-state index in [4.69, 9.17) is 0 Å². The maximum absolute atomic E-state index is 11.8. The Bertz CT molecular complexity index is 711. The van der Waals surface area contributed by atoms with Crippen LogP contribution in [0.3, 0.4) is 0 Å². The molecule has 1 aromatic carbocycles. The van der Waals surface area contributed by atoms with Crippen LogP contribution in [-0.4, -0.2) is 44.3 Å². The number of amides is 2. The molecule has 1 unspecified atom stereocenters. The average molecular weight is 336 g/mol. The number of carbonyl (C=O) groups is 2. The SMILES string of the molecule is C/C(=C/C(=O)NCC(=O)NC1CCS(=O)(=O)C1)c1ccccc1. The number of allylic oxidation sites excluding steroid dienone is 1. The molecule has 1 heterocycles. The van der Waals surface area contributed by atoms with E-state index in [-0.39, 0.29) is 35.9 Å². The summed E-state index contributed by atoms with van der Waals surface area (Å²) in [7, 11) is -3.03. The molecule has 0 aromatic heterocycles. The molecule has 7 heteroatoms. The number of rotatable bonds is 5. The summed E-state index contributed by atoms with van der Waals surface area (Å²) >= 11 is 0. The topological polar surface area (TPSA) is 92.3 Å². The van der Waals surface area contributed by atoms with Gasteiger partial charge in [0.25, 0.3) is 0 Å². The van der Waals surface area contributed by atoms with Crippen LogP contribution in [0.25, 0.3) is 5.57 Å². The molecule has 23 heavy (non-hydrogen) atoms. The van der Waals surface area contributed by atoms with Crippen LogP contribution >= 0.6 is 0 Å². The second-order valence-corrected chi connectivity index (χ2v) is 7.81. The monoisotopic (exact) mass is 336 g/mol. The predicted octanol–water partition coefficient (Wildman–Crippen LogP) is 0.509. The first kappa shape index (κ1) is 17.2. The molecule has 2 amide bonds. The highest BCUT2D eigenvalue weighted by Gasteiger charge is 2.28. The third-order valence-corrected chi connectivity index (χ3v) is 5.37. The van der Waals surface area contributed by atoms with E-state index in [2.05, 4.69) is 10.6 Å². The normalized spacial score (nSPS) is 20.0. The van der Waals surface area contributed by atoms with Crippen molar-refractivity contribution in [1.82, 2.24) is 10.6 Å². The molecule has 1 saturated heterocycles. The van der Waals surface area contributed by atoms with Gasteiger partial charge >= 0.3 is 0 Å². The summed E-state index contributed by atoms with van der Waals surface area (Å²) in [6.45, 7) is 1.65.